The molecule has 4 nitrogen and oxygen atoms in total. The van der Waals surface area contributed by atoms with Gasteiger partial charge in [-0.1, -0.05) is 45.4 Å². The standard InChI is InChI=1S/C24H29N3O/c1-4-24(2,3)19-10-15-23(28)18(16-19)17-25-20-11-13-22(14-12-20)27-26-21-8-6-5-7-9-21/h5-9,11-14,17,19,25H,4,10,15-16H2,1-3H3/b18-17+,27-26?/t19-/m0/s1. The van der Waals surface area contributed by atoms with Crippen LogP contribution in [0, 0.1) is 11.3 Å². The van der Waals surface area contributed by atoms with Gasteiger partial charge < -0.3 is 5.32 Å². The van der Waals surface area contributed by atoms with Crippen LogP contribution in [0.2, 0.25) is 0 Å². The molecule has 1 fully saturated rings. The first kappa shape index (κ1) is 20.0. The third-order valence-corrected chi connectivity index (χ3v) is 5.88. The summed E-state index contributed by atoms with van der Waals surface area (Å²) in [5, 5.41) is 11.8. The molecule has 0 amide bonds. The van der Waals surface area contributed by atoms with Gasteiger partial charge in [0.1, 0.15) is 0 Å². The number of allylic oxidation sites excluding steroid dienone is 1. The maximum absolute atomic E-state index is 12.3. The fourth-order valence-electron chi connectivity index (χ4n) is 3.45. The Bertz CT molecular complexity index is 851. The van der Waals surface area contributed by atoms with Crippen LogP contribution in [0.4, 0.5) is 17.1 Å². The molecule has 3 rings (SSSR count). The first-order valence-corrected chi connectivity index (χ1v) is 10.0. The van der Waals surface area contributed by atoms with Crippen LogP contribution in [0.3, 0.4) is 0 Å². The zero-order valence-corrected chi connectivity index (χ0v) is 17.0. The van der Waals surface area contributed by atoms with E-state index in [0.717, 1.165) is 41.9 Å². The summed E-state index contributed by atoms with van der Waals surface area (Å²) in [5.74, 6) is 0.827. The van der Waals surface area contributed by atoms with E-state index in [1.54, 1.807) is 0 Å². The molecule has 0 spiro atoms. The Labute approximate surface area is 167 Å². The number of Topliss-reactive ketones (excluding diaryl/α,β-unsaturated/α-hetero) is 1. The highest BCUT2D eigenvalue weighted by Crippen LogP contribution is 2.41. The first-order chi connectivity index (χ1) is 13.5. The van der Waals surface area contributed by atoms with Crippen molar-refractivity contribution in [2.24, 2.45) is 21.6 Å². The molecule has 0 saturated heterocycles. The number of rotatable bonds is 6. The van der Waals surface area contributed by atoms with Crippen LogP contribution in [-0.2, 0) is 4.79 Å². The molecular weight excluding hydrogens is 346 g/mol. The topological polar surface area (TPSA) is 53.8 Å². The Balaban J connectivity index is 1.63. The highest BCUT2D eigenvalue weighted by molar-refractivity contribution is 5.96. The van der Waals surface area contributed by atoms with Gasteiger partial charge in [0.2, 0.25) is 0 Å². The van der Waals surface area contributed by atoms with E-state index >= 15 is 0 Å². The second kappa shape index (κ2) is 8.96. The molecule has 2 aromatic rings. The quantitative estimate of drug-likeness (QED) is 0.428. The highest BCUT2D eigenvalue weighted by Gasteiger charge is 2.33. The summed E-state index contributed by atoms with van der Waals surface area (Å²) in [6.45, 7) is 6.84. The SMILES string of the molecule is CCC(C)(C)[C@H]1CCC(=O)/C(=C/Nc2ccc(N=Nc3ccccc3)cc2)C1. The molecule has 1 atom stereocenters. The average Bonchev–Trinajstić information content (AvgIpc) is 2.73. The van der Waals surface area contributed by atoms with Gasteiger partial charge in [-0.25, -0.2) is 0 Å². The monoisotopic (exact) mass is 375 g/mol. The van der Waals surface area contributed by atoms with E-state index in [4.69, 9.17) is 0 Å². The molecule has 1 aliphatic rings. The number of carbonyl (C=O) groups excluding carboxylic acids is 1. The van der Waals surface area contributed by atoms with E-state index in [1.807, 2.05) is 60.8 Å². The van der Waals surface area contributed by atoms with Crippen molar-refractivity contribution in [1.82, 2.24) is 0 Å². The van der Waals surface area contributed by atoms with Crippen molar-refractivity contribution in [3.63, 3.8) is 0 Å². The minimum absolute atomic E-state index is 0.268. The molecule has 146 valence electrons. The van der Waals surface area contributed by atoms with E-state index < -0.39 is 0 Å². The molecule has 1 N–H and O–H groups in total. The van der Waals surface area contributed by atoms with E-state index in [-0.39, 0.29) is 11.2 Å². The van der Waals surface area contributed by atoms with Gasteiger partial charge in [0, 0.05) is 23.9 Å². The van der Waals surface area contributed by atoms with Crippen molar-refractivity contribution >= 4 is 22.8 Å². The Kier molecular flexibility index (Phi) is 6.40. The number of ketones is 1. The van der Waals surface area contributed by atoms with Gasteiger partial charge in [-0.2, -0.15) is 10.2 Å². The van der Waals surface area contributed by atoms with Crippen molar-refractivity contribution in [2.45, 2.75) is 46.5 Å². The molecule has 1 aliphatic carbocycles. The predicted molar refractivity (Wildman–Crippen MR) is 115 cm³/mol. The summed E-state index contributed by atoms with van der Waals surface area (Å²) < 4.78 is 0. The Hall–Kier alpha value is -2.75. The normalized spacial score (nSPS) is 19.3. The Morgan fingerprint density at radius 3 is 2.32 bits per heavy atom. The van der Waals surface area contributed by atoms with Crippen LogP contribution in [-0.4, -0.2) is 5.78 Å². The Morgan fingerprint density at radius 1 is 1.04 bits per heavy atom. The van der Waals surface area contributed by atoms with E-state index in [1.165, 1.54) is 0 Å². The van der Waals surface area contributed by atoms with Crippen LogP contribution in [0.5, 0.6) is 0 Å². The fraction of sp³-hybridized carbons (Fsp3) is 0.375. The fourth-order valence-corrected chi connectivity index (χ4v) is 3.45. The van der Waals surface area contributed by atoms with Gasteiger partial charge >= 0.3 is 0 Å². The summed E-state index contributed by atoms with van der Waals surface area (Å²) >= 11 is 0. The molecule has 0 aromatic heterocycles. The van der Waals surface area contributed by atoms with Gasteiger partial charge in [0.15, 0.2) is 5.78 Å². The van der Waals surface area contributed by atoms with Gasteiger partial charge in [-0.3, -0.25) is 4.79 Å². The highest BCUT2D eigenvalue weighted by atomic mass is 16.1. The predicted octanol–water partition coefficient (Wildman–Crippen LogP) is 7.20. The van der Waals surface area contributed by atoms with Crippen LogP contribution in [0.1, 0.15) is 46.5 Å². The maximum Gasteiger partial charge on any atom is 0.160 e. The van der Waals surface area contributed by atoms with Crippen LogP contribution in [0.25, 0.3) is 0 Å². The Morgan fingerprint density at radius 2 is 1.68 bits per heavy atom. The zero-order valence-electron chi connectivity index (χ0n) is 17.0. The third kappa shape index (κ3) is 5.16. The summed E-state index contributed by atoms with van der Waals surface area (Å²) in [7, 11) is 0. The molecule has 4 heteroatoms. The first-order valence-electron chi connectivity index (χ1n) is 10.0. The van der Waals surface area contributed by atoms with Crippen molar-refractivity contribution in [3.05, 3.63) is 66.4 Å². The molecule has 0 heterocycles. The molecular formula is C24H29N3O. The minimum atomic E-state index is 0.268. The maximum atomic E-state index is 12.3. The second-order valence-corrected chi connectivity index (χ2v) is 8.10. The lowest BCUT2D eigenvalue weighted by atomic mass is 9.68. The number of azo groups is 1. The number of anilines is 1. The lowest BCUT2D eigenvalue weighted by molar-refractivity contribution is -0.117. The molecule has 2 aromatic carbocycles. The number of benzene rings is 2. The zero-order chi connectivity index (χ0) is 20.0. The van der Waals surface area contributed by atoms with Gasteiger partial charge in [0.25, 0.3) is 0 Å². The van der Waals surface area contributed by atoms with Crippen molar-refractivity contribution in [2.75, 3.05) is 5.32 Å². The van der Waals surface area contributed by atoms with E-state index in [2.05, 4.69) is 36.3 Å². The van der Waals surface area contributed by atoms with Crippen LogP contribution in [0.15, 0.2) is 76.6 Å². The molecule has 0 aliphatic heterocycles. The van der Waals surface area contributed by atoms with Crippen molar-refractivity contribution < 1.29 is 4.79 Å². The van der Waals surface area contributed by atoms with Crippen LogP contribution < -0.4 is 5.32 Å². The average molecular weight is 376 g/mol. The van der Waals surface area contributed by atoms with Gasteiger partial charge in [-0.05, 0) is 60.6 Å². The van der Waals surface area contributed by atoms with Gasteiger partial charge in [-0.15, -0.1) is 0 Å². The molecule has 0 bridgehead atoms. The van der Waals surface area contributed by atoms with E-state index in [9.17, 15) is 4.79 Å². The van der Waals surface area contributed by atoms with Crippen molar-refractivity contribution in [3.8, 4) is 0 Å². The molecule has 0 unspecified atom stereocenters. The van der Waals surface area contributed by atoms with Crippen LogP contribution >= 0.6 is 0 Å². The number of nitrogens with one attached hydrogen (secondary N) is 1. The summed E-state index contributed by atoms with van der Waals surface area (Å²) in [4.78, 5) is 12.3. The lowest BCUT2D eigenvalue weighted by Gasteiger charge is -2.36. The van der Waals surface area contributed by atoms with Crippen molar-refractivity contribution in [1.29, 1.82) is 0 Å². The third-order valence-electron chi connectivity index (χ3n) is 5.88. The summed E-state index contributed by atoms with van der Waals surface area (Å²) in [6, 6.07) is 17.4. The molecule has 1 saturated carbocycles. The summed E-state index contributed by atoms with van der Waals surface area (Å²) in [6.07, 6.45) is 5.53. The number of carbonyl (C=O) groups is 1. The summed E-state index contributed by atoms with van der Waals surface area (Å²) in [5.41, 5.74) is 3.74. The molecule has 0 radical (unpaired) electrons. The number of hydrogen-bond acceptors (Lipinski definition) is 4. The molecule has 28 heavy (non-hydrogen) atoms. The number of hydrogen-bond donors (Lipinski definition) is 1. The van der Waals surface area contributed by atoms with E-state index in [0.29, 0.717) is 12.3 Å². The van der Waals surface area contributed by atoms with Gasteiger partial charge in [0.05, 0.1) is 11.4 Å². The number of nitrogens with zero attached hydrogens (tertiary/aromatic N) is 2. The lowest BCUT2D eigenvalue weighted by Crippen LogP contribution is -2.29. The minimum Gasteiger partial charge on any atom is -0.361 e. The second-order valence-electron chi connectivity index (χ2n) is 8.10. The smallest absolute Gasteiger partial charge is 0.160 e. The largest absolute Gasteiger partial charge is 0.361 e.